The summed E-state index contributed by atoms with van der Waals surface area (Å²) >= 11 is 2.19. The van der Waals surface area contributed by atoms with E-state index in [0.29, 0.717) is 11.7 Å². The smallest absolute Gasteiger partial charge is 0.153 e. The highest BCUT2D eigenvalue weighted by Crippen LogP contribution is 2.31. The molecule has 0 saturated heterocycles. The number of hydrogen-bond donors (Lipinski definition) is 0. The summed E-state index contributed by atoms with van der Waals surface area (Å²) in [7, 11) is 0. The second kappa shape index (κ2) is 3.65. The molecule has 3 heteroatoms. The predicted molar refractivity (Wildman–Crippen MR) is 58.2 cm³/mol. The molecule has 0 spiro atoms. The molecule has 1 fully saturated rings. The molecule has 1 saturated carbocycles. The average molecular weight is 288 g/mol. The fourth-order valence-electron chi connectivity index (χ4n) is 1.10. The van der Waals surface area contributed by atoms with Crippen LogP contribution in [0, 0.1) is 3.57 Å². The van der Waals surface area contributed by atoms with Gasteiger partial charge >= 0.3 is 0 Å². The van der Waals surface area contributed by atoms with Crippen molar-refractivity contribution in [2.45, 2.75) is 18.9 Å². The van der Waals surface area contributed by atoms with Crippen LogP contribution in [0.25, 0.3) is 0 Å². The monoisotopic (exact) mass is 288 g/mol. The van der Waals surface area contributed by atoms with Gasteiger partial charge in [0, 0.05) is 0 Å². The van der Waals surface area contributed by atoms with Gasteiger partial charge in [0.15, 0.2) is 6.29 Å². The van der Waals surface area contributed by atoms with Crippen molar-refractivity contribution in [3.8, 4) is 5.75 Å². The molecule has 0 heterocycles. The van der Waals surface area contributed by atoms with Crippen LogP contribution in [0.2, 0.25) is 0 Å². The van der Waals surface area contributed by atoms with E-state index in [1.807, 2.05) is 12.1 Å². The van der Waals surface area contributed by atoms with E-state index in [2.05, 4.69) is 22.6 Å². The Morgan fingerprint density at radius 2 is 2.23 bits per heavy atom. The lowest BCUT2D eigenvalue weighted by atomic mass is 10.2. The molecule has 0 atom stereocenters. The first-order valence-electron chi connectivity index (χ1n) is 4.21. The minimum absolute atomic E-state index is 0.342. The number of rotatable bonds is 3. The van der Waals surface area contributed by atoms with Crippen LogP contribution < -0.4 is 4.74 Å². The average Bonchev–Trinajstić information content (AvgIpc) is 2.92. The Hall–Kier alpha value is -0.580. The first-order chi connectivity index (χ1) is 6.31. The Balaban J connectivity index is 2.32. The Bertz CT molecular complexity index is 332. The standard InChI is InChI=1S/C10H9IO2/c11-9-3-1-2-7(6-12)10(9)13-8-4-5-8/h1-3,6,8H,4-5H2. The molecule has 0 aliphatic heterocycles. The molecule has 0 amide bonds. The van der Waals surface area contributed by atoms with E-state index >= 15 is 0 Å². The van der Waals surface area contributed by atoms with Crippen LogP contribution in [0.5, 0.6) is 5.75 Å². The third-order valence-electron chi connectivity index (χ3n) is 1.93. The normalized spacial score (nSPS) is 15.5. The van der Waals surface area contributed by atoms with Gasteiger partial charge in [0.05, 0.1) is 15.2 Å². The zero-order valence-corrected chi connectivity index (χ0v) is 9.15. The number of para-hydroxylation sites is 1. The van der Waals surface area contributed by atoms with Gasteiger partial charge in [-0.2, -0.15) is 0 Å². The lowest BCUT2D eigenvalue weighted by molar-refractivity contribution is 0.111. The van der Waals surface area contributed by atoms with Crippen molar-refractivity contribution < 1.29 is 9.53 Å². The molecule has 0 unspecified atom stereocenters. The highest BCUT2D eigenvalue weighted by molar-refractivity contribution is 14.1. The van der Waals surface area contributed by atoms with Gasteiger partial charge in [-0.25, -0.2) is 0 Å². The summed E-state index contributed by atoms with van der Waals surface area (Å²) in [5.41, 5.74) is 0.652. The summed E-state index contributed by atoms with van der Waals surface area (Å²) in [6, 6.07) is 5.60. The summed E-state index contributed by atoms with van der Waals surface area (Å²) in [5, 5.41) is 0. The van der Waals surface area contributed by atoms with Crippen molar-refractivity contribution in [2.24, 2.45) is 0 Å². The first kappa shape index (κ1) is 8.99. The molecule has 0 N–H and O–H groups in total. The first-order valence-corrected chi connectivity index (χ1v) is 5.29. The van der Waals surface area contributed by atoms with E-state index < -0.39 is 0 Å². The predicted octanol–water partition coefficient (Wildman–Crippen LogP) is 2.64. The second-order valence-corrected chi connectivity index (χ2v) is 4.26. The number of ether oxygens (including phenoxy) is 1. The van der Waals surface area contributed by atoms with Gasteiger partial charge in [-0.1, -0.05) is 6.07 Å². The Kier molecular flexibility index (Phi) is 2.53. The Labute approximate surface area is 90.4 Å². The Morgan fingerprint density at radius 3 is 2.85 bits per heavy atom. The molecule has 0 bridgehead atoms. The van der Waals surface area contributed by atoms with E-state index in [1.54, 1.807) is 6.07 Å². The molecule has 1 aliphatic rings. The van der Waals surface area contributed by atoms with Crippen molar-refractivity contribution in [2.75, 3.05) is 0 Å². The summed E-state index contributed by atoms with van der Waals surface area (Å²) in [6.45, 7) is 0. The van der Waals surface area contributed by atoms with Gasteiger partial charge in [-0.15, -0.1) is 0 Å². The third-order valence-corrected chi connectivity index (χ3v) is 2.78. The number of carbonyl (C=O) groups is 1. The lowest BCUT2D eigenvalue weighted by Crippen LogP contribution is -2.01. The lowest BCUT2D eigenvalue weighted by Gasteiger charge is -2.08. The maximum absolute atomic E-state index is 10.7. The van der Waals surface area contributed by atoms with Gasteiger partial charge in [0.2, 0.25) is 0 Å². The van der Waals surface area contributed by atoms with E-state index in [-0.39, 0.29) is 0 Å². The zero-order valence-electron chi connectivity index (χ0n) is 7.00. The molecule has 1 aromatic rings. The van der Waals surface area contributed by atoms with Gasteiger partial charge in [-0.05, 0) is 47.6 Å². The molecule has 0 radical (unpaired) electrons. The topological polar surface area (TPSA) is 26.3 Å². The van der Waals surface area contributed by atoms with Gasteiger partial charge in [-0.3, -0.25) is 4.79 Å². The molecule has 2 nitrogen and oxygen atoms in total. The molecular formula is C10H9IO2. The van der Waals surface area contributed by atoms with Crippen molar-refractivity contribution >= 4 is 28.9 Å². The van der Waals surface area contributed by atoms with Gasteiger partial charge in [0.1, 0.15) is 5.75 Å². The fraction of sp³-hybridized carbons (Fsp3) is 0.300. The van der Waals surface area contributed by atoms with Gasteiger partial charge < -0.3 is 4.74 Å². The van der Waals surface area contributed by atoms with E-state index in [9.17, 15) is 4.79 Å². The van der Waals surface area contributed by atoms with Crippen LogP contribution in [0.15, 0.2) is 18.2 Å². The third kappa shape index (κ3) is 2.02. The van der Waals surface area contributed by atoms with Crippen molar-refractivity contribution in [3.05, 3.63) is 27.3 Å². The highest BCUT2D eigenvalue weighted by Gasteiger charge is 2.25. The molecule has 68 valence electrons. The minimum atomic E-state index is 0.342. The van der Waals surface area contributed by atoms with Gasteiger partial charge in [0.25, 0.3) is 0 Å². The number of halogens is 1. The van der Waals surface area contributed by atoms with Crippen LogP contribution in [-0.2, 0) is 0 Å². The number of carbonyl (C=O) groups excluding carboxylic acids is 1. The number of hydrogen-bond acceptors (Lipinski definition) is 2. The van der Waals surface area contributed by atoms with E-state index in [4.69, 9.17) is 4.74 Å². The van der Waals surface area contributed by atoms with Crippen LogP contribution in [0.1, 0.15) is 23.2 Å². The molecule has 1 aromatic carbocycles. The van der Waals surface area contributed by atoms with E-state index in [1.165, 1.54) is 0 Å². The number of benzene rings is 1. The largest absolute Gasteiger partial charge is 0.489 e. The molecule has 0 aromatic heterocycles. The molecule has 1 aliphatic carbocycles. The number of aldehydes is 1. The molecular weight excluding hydrogens is 279 g/mol. The Morgan fingerprint density at radius 1 is 1.46 bits per heavy atom. The van der Waals surface area contributed by atoms with Crippen LogP contribution in [-0.4, -0.2) is 12.4 Å². The fourth-order valence-corrected chi connectivity index (χ4v) is 1.74. The van der Waals surface area contributed by atoms with Crippen molar-refractivity contribution in [1.82, 2.24) is 0 Å². The summed E-state index contributed by atoms with van der Waals surface area (Å²) in [5.74, 6) is 0.751. The zero-order chi connectivity index (χ0) is 9.26. The van der Waals surface area contributed by atoms with Crippen LogP contribution >= 0.6 is 22.6 Å². The SMILES string of the molecule is O=Cc1cccc(I)c1OC1CC1. The summed E-state index contributed by atoms with van der Waals surface area (Å²) in [6.07, 6.45) is 3.42. The quantitative estimate of drug-likeness (QED) is 0.631. The van der Waals surface area contributed by atoms with Crippen LogP contribution in [0.4, 0.5) is 0 Å². The summed E-state index contributed by atoms with van der Waals surface area (Å²) in [4.78, 5) is 10.7. The maximum atomic E-state index is 10.7. The second-order valence-electron chi connectivity index (χ2n) is 3.09. The highest BCUT2D eigenvalue weighted by atomic mass is 127. The molecule has 13 heavy (non-hydrogen) atoms. The van der Waals surface area contributed by atoms with Crippen LogP contribution in [0.3, 0.4) is 0 Å². The van der Waals surface area contributed by atoms with Crippen molar-refractivity contribution in [3.63, 3.8) is 0 Å². The van der Waals surface area contributed by atoms with Crippen molar-refractivity contribution in [1.29, 1.82) is 0 Å². The maximum Gasteiger partial charge on any atom is 0.153 e. The summed E-state index contributed by atoms with van der Waals surface area (Å²) < 4.78 is 6.65. The minimum Gasteiger partial charge on any atom is -0.489 e. The van der Waals surface area contributed by atoms with E-state index in [0.717, 1.165) is 28.4 Å². The molecule has 2 rings (SSSR count).